The van der Waals surface area contributed by atoms with Gasteiger partial charge < -0.3 is 0 Å². The second-order valence-corrected chi connectivity index (χ2v) is 0. The van der Waals surface area contributed by atoms with Gasteiger partial charge in [0, 0.05) is 90.4 Å². The van der Waals surface area contributed by atoms with Crippen LogP contribution in [0.5, 0.6) is 0 Å². The van der Waals surface area contributed by atoms with Crippen LogP contribution >= 0.6 is 0 Å². The van der Waals surface area contributed by atoms with Gasteiger partial charge in [0.15, 0.2) is 0 Å². The Morgan fingerprint density at radius 1 is 1.00 bits per heavy atom. The van der Waals surface area contributed by atoms with Crippen molar-refractivity contribution in [3.05, 3.63) is 0 Å². The molecule has 0 N–H and O–H groups in total. The van der Waals surface area contributed by atoms with Crippen LogP contribution in [0.25, 0.3) is 0 Å². The van der Waals surface area contributed by atoms with Crippen molar-refractivity contribution >= 4 is 0 Å². The molecule has 0 aromatic heterocycles. The summed E-state index contributed by atoms with van der Waals surface area (Å²) in [4.78, 5) is 0. The third-order valence-electron chi connectivity index (χ3n) is 0. The SMILES string of the molecule is [Hf].[Mo].[Ta].[W]. The molecule has 1 radical (unpaired) electrons. The van der Waals surface area contributed by atoms with Crippen LogP contribution in [-0.4, -0.2) is 0 Å². The summed E-state index contributed by atoms with van der Waals surface area (Å²) in [6, 6.07) is 0. The normalized spacial score (nSPS) is 0. The molecule has 0 saturated heterocycles. The molecule has 4 heavy (non-hydrogen) atoms. The van der Waals surface area contributed by atoms with E-state index in [0.717, 1.165) is 0 Å². The first-order chi connectivity index (χ1) is 0. The summed E-state index contributed by atoms with van der Waals surface area (Å²) in [6.45, 7) is 0. The van der Waals surface area contributed by atoms with Gasteiger partial charge in [0.1, 0.15) is 0 Å². The van der Waals surface area contributed by atoms with Crippen molar-refractivity contribution in [2.24, 2.45) is 0 Å². The predicted molar refractivity (Wildman–Crippen MR) is 0 cm³/mol. The third-order valence-corrected chi connectivity index (χ3v) is 0. The Bertz CT molecular complexity index is 8.00. The van der Waals surface area contributed by atoms with Gasteiger partial charge in [0.25, 0.3) is 0 Å². The molecule has 0 aliphatic carbocycles. The molecule has 0 aliphatic rings. The molecule has 0 aliphatic heterocycles. The molecule has 0 nitrogen and oxygen atoms in total. The predicted octanol–water partition coefficient (Wildman–Crippen LogP) is -0.0100. The van der Waals surface area contributed by atoms with E-state index < -0.39 is 0 Å². The molecule has 0 unspecified atom stereocenters. The first kappa shape index (κ1) is 28.1. The van der Waals surface area contributed by atoms with Crippen molar-refractivity contribution < 1.29 is 90.4 Å². The standard InChI is InChI=1S/Hf.Mo.Ta.W. The molecular weight excluding hydrogens is 639 g/mol. The molecule has 0 fully saturated rings. The van der Waals surface area contributed by atoms with E-state index in [9.17, 15) is 0 Å². The largest absolute Gasteiger partial charge is 0 e. The molecule has 0 aromatic rings. The van der Waals surface area contributed by atoms with Gasteiger partial charge in [-0.1, -0.05) is 0 Å². The van der Waals surface area contributed by atoms with Gasteiger partial charge in [-0.15, -0.1) is 0 Å². The van der Waals surface area contributed by atoms with Crippen LogP contribution in [0.2, 0.25) is 0 Å². The smallest absolute Gasteiger partial charge is 0 e. The van der Waals surface area contributed by atoms with Crippen LogP contribution in [0.3, 0.4) is 0 Å². The van der Waals surface area contributed by atoms with Gasteiger partial charge in [-0.3, -0.25) is 0 Å². The van der Waals surface area contributed by atoms with Crippen molar-refractivity contribution in [1.29, 1.82) is 0 Å². The summed E-state index contributed by atoms with van der Waals surface area (Å²) in [6.07, 6.45) is 0. The molecule has 0 heterocycles. The van der Waals surface area contributed by atoms with Crippen molar-refractivity contribution in [3.8, 4) is 0 Å². The van der Waals surface area contributed by atoms with E-state index in [4.69, 9.17) is 0 Å². The van der Waals surface area contributed by atoms with Crippen LogP contribution in [-0.2, 0) is 90.4 Å². The Hall–Kier alpha value is 2.99. The fourth-order valence-corrected chi connectivity index (χ4v) is 0. The van der Waals surface area contributed by atoms with Gasteiger partial charge in [0.05, 0.1) is 0 Å². The van der Waals surface area contributed by atoms with E-state index in [2.05, 4.69) is 0 Å². The first-order valence-electron chi connectivity index (χ1n) is 0. The van der Waals surface area contributed by atoms with Gasteiger partial charge in [-0.2, -0.15) is 0 Å². The number of rotatable bonds is 0. The maximum absolute atomic E-state index is 0. The Labute approximate surface area is 88.7 Å². The summed E-state index contributed by atoms with van der Waals surface area (Å²) in [5, 5.41) is 0. The maximum Gasteiger partial charge on any atom is 0 e. The Morgan fingerprint density at radius 2 is 1.00 bits per heavy atom. The molecule has 0 saturated carbocycles. The van der Waals surface area contributed by atoms with E-state index in [1.165, 1.54) is 0 Å². The third kappa shape index (κ3) is 8.89. The Balaban J connectivity index is 0. The molecule has 21 valence electrons. The number of hydrogen-bond acceptors (Lipinski definition) is 0. The second-order valence-electron chi connectivity index (χ2n) is 0. The fourth-order valence-electron chi connectivity index (χ4n) is 0. The summed E-state index contributed by atoms with van der Waals surface area (Å²) < 4.78 is 0. The summed E-state index contributed by atoms with van der Waals surface area (Å²) >= 11 is 0. The minimum atomic E-state index is 0. The fraction of sp³-hybridized carbons (Fsp3) is 0. The van der Waals surface area contributed by atoms with E-state index in [1.54, 1.807) is 0 Å². The van der Waals surface area contributed by atoms with Gasteiger partial charge >= 0.3 is 0 Å². The van der Waals surface area contributed by atoms with Crippen molar-refractivity contribution in [1.82, 2.24) is 0 Å². The molecule has 0 spiro atoms. The zero-order valence-corrected chi connectivity index (χ0v) is 13.5. The van der Waals surface area contributed by atoms with E-state index in [0.29, 0.717) is 0 Å². The zero-order valence-electron chi connectivity index (χ0n) is 1.76. The monoisotopic (exact) mass is 643 g/mol. The molecule has 0 rings (SSSR count). The zero-order chi connectivity index (χ0) is 0. The quantitative estimate of drug-likeness (QED) is 0.328. The van der Waals surface area contributed by atoms with Crippen LogP contribution in [0.4, 0.5) is 0 Å². The molecule has 0 atom stereocenters. The van der Waals surface area contributed by atoms with Gasteiger partial charge in [-0.05, 0) is 0 Å². The average molecular weight is 639 g/mol. The molecule has 0 bridgehead atoms. The summed E-state index contributed by atoms with van der Waals surface area (Å²) in [5.74, 6) is 0. The van der Waals surface area contributed by atoms with E-state index in [-0.39, 0.29) is 90.4 Å². The van der Waals surface area contributed by atoms with Gasteiger partial charge in [-0.25, -0.2) is 0 Å². The number of hydrogen-bond donors (Lipinski definition) is 0. The molecule has 0 aromatic carbocycles. The average Bonchev–Trinajstić information content (AvgIpc) is 0. The topological polar surface area (TPSA) is 0 Å². The molecule has 4 heteroatoms. The molecular formula is HfMoTaW. The second kappa shape index (κ2) is 16.7. The van der Waals surface area contributed by atoms with Crippen LogP contribution in [0.1, 0.15) is 0 Å². The minimum Gasteiger partial charge on any atom is 0 e. The van der Waals surface area contributed by atoms with Gasteiger partial charge in [0.2, 0.25) is 0 Å². The van der Waals surface area contributed by atoms with E-state index >= 15 is 0 Å². The van der Waals surface area contributed by atoms with Crippen LogP contribution < -0.4 is 0 Å². The van der Waals surface area contributed by atoms with Crippen molar-refractivity contribution in [2.75, 3.05) is 0 Å². The Morgan fingerprint density at radius 3 is 1.00 bits per heavy atom. The van der Waals surface area contributed by atoms with Crippen molar-refractivity contribution in [2.45, 2.75) is 0 Å². The van der Waals surface area contributed by atoms with Crippen molar-refractivity contribution in [3.63, 3.8) is 0 Å². The summed E-state index contributed by atoms with van der Waals surface area (Å²) in [7, 11) is 0. The van der Waals surface area contributed by atoms with Crippen LogP contribution in [0, 0.1) is 0 Å². The summed E-state index contributed by atoms with van der Waals surface area (Å²) in [5.41, 5.74) is 0. The minimum absolute atomic E-state index is 0. The maximum atomic E-state index is 0. The Kier molecular flexibility index (Phi) is 117. The first-order valence-corrected chi connectivity index (χ1v) is 0. The van der Waals surface area contributed by atoms with Crippen LogP contribution in [0.15, 0.2) is 0 Å². The molecule has 0 amide bonds. The van der Waals surface area contributed by atoms with E-state index in [1.807, 2.05) is 0 Å².